The van der Waals surface area contributed by atoms with E-state index in [1.165, 1.54) is 7.11 Å². The van der Waals surface area contributed by atoms with Crippen LogP contribution in [0.25, 0.3) is 0 Å². The molecule has 0 spiro atoms. The van der Waals surface area contributed by atoms with E-state index in [4.69, 9.17) is 9.47 Å². The molecule has 0 aromatic heterocycles. The highest BCUT2D eigenvalue weighted by atomic mass is 16.7. The maximum Gasteiger partial charge on any atom is 0.336 e. The first-order valence-corrected chi connectivity index (χ1v) is 9.64. The lowest BCUT2D eigenvalue weighted by molar-refractivity contribution is -0.190. The molecular weight excluding hydrogens is 332 g/mol. The molecule has 0 bridgehead atoms. The van der Waals surface area contributed by atoms with E-state index in [-0.39, 0.29) is 23.2 Å². The van der Waals surface area contributed by atoms with Gasteiger partial charge in [0.25, 0.3) is 0 Å². The van der Waals surface area contributed by atoms with Gasteiger partial charge in [0.05, 0.1) is 12.2 Å². The van der Waals surface area contributed by atoms with Crippen LogP contribution in [-0.2, 0) is 14.3 Å². The minimum absolute atomic E-state index is 0.0577. The molecule has 5 nitrogen and oxygen atoms in total. The standard InChI is InChI=1S/C21H32O5/c1-12-7-6-8-15-20(3,13(2)17(22)18(23)21(12,15)4)10-9-14-11-16(25-5)26-19(14)24/h7,11,13,15-18,22-23H,6,8-10H2,1-5H3/t13-,15-,16?,17+,18+,20+,21+/m1/s1. The van der Waals surface area contributed by atoms with Crippen molar-refractivity contribution in [3.63, 3.8) is 0 Å². The fraction of sp³-hybridized carbons (Fsp3) is 0.762. The highest BCUT2D eigenvalue weighted by molar-refractivity contribution is 5.90. The number of carbonyl (C=O) groups excluding carboxylic acids is 1. The highest BCUT2D eigenvalue weighted by Gasteiger charge is 2.60. The monoisotopic (exact) mass is 364 g/mol. The van der Waals surface area contributed by atoms with E-state index < -0.39 is 23.9 Å². The van der Waals surface area contributed by atoms with Gasteiger partial charge in [-0.2, -0.15) is 0 Å². The molecule has 0 saturated heterocycles. The molecule has 26 heavy (non-hydrogen) atoms. The predicted molar refractivity (Wildman–Crippen MR) is 98.1 cm³/mol. The van der Waals surface area contributed by atoms with Crippen molar-refractivity contribution in [2.75, 3.05) is 7.11 Å². The van der Waals surface area contributed by atoms with Crippen LogP contribution in [0.2, 0.25) is 0 Å². The Hall–Kier alpha value is -1.17. The van der Waals surface area contributed by atoms with Gasteiger partial charge in [-0.25, -0.2) is 4.79 Å². The summed E-state index contributed by atoms with van der Waals surface area (Å²) in [5.74, 6) is -0.116. The molecule has 5 heteroatoms. The first-order chi connectivity index (χ1) is 12.2. The highest BCUT2D eigenvalue weighted by Crippen LogP contribution is 2.62. The summed E-state index contributed by atoms with van der Waals surface area (Å²) in [6.07, 6.45) is 5.15. The molecule has 1 saturated carbocycles. The summed E-state index contributed by atoms with van der Waals surface area (Å²) < 4.78 is 10.2. The second kappa shape index (κ2) is 6.77. The van der Waals surface area contributed by atoms with Gasteiger partial charge in [-0.1, -0.05) is 32.4 Å². The summed E-state index contributed by atoms with van der Waals surface area (Å²) in [4.78, 5) is 12.0. The predicted octanol–water partition coefficient (Wildman–Crippen LogP) is 2.96. The van der Waals surface area contributed by atoms with E-state index in [1.54, 1.807) is 6.08 Å². The Balaban J connectivity index is 1.89. The van der Waals surface area contributed by atoms with Crippen LogP contribution in [0.15, 0.2) is 23.3 Å². The summed E-state index contributed by atoms with van der Waals surface area (Å²) in [5, 5.41) is 21.7. The molecule has 2 N–H and O–H groups in total. The minimum atomic E-state index is -0.779. The van der Waals surface area contributed by atoms with Crippen molar-refractivity contribution in [2.45, 2.75) is 71.9 Å². The zero-order chi connectivity index (χ0) is 19.3. The van der Waals surface area contributed by atoms with Gasteiger partial charge in [0, 0.05) is 18.1 Å². The van der Waals surface area contributed by atoms with E-state index in [0.717, 1.165) is 24.8 Å². The van der Waals surface area contributed by atoms with Gasteiger partial charge in [0.2, 0.25) is 6.29 Å². The number of aliphatic hydroxyl groups is 2. The van der Waals surface area contributed by atoms with E-state index in [0.29, 0.717) is 12.0 Å². The molecule has 1 aliphatic heterocycles. The molecular formula is C21H32O5. The summed E-state index contributed by atoms with van der Waals surface area (Å²) in [6.45, 7) is 8.40. The topological polar surface area (TPSA) is 76.0 Å². The number of allylic oxidation sites excluding steroid dienone is 1. The quantitative estimate of drug-likeness (QED) is 0.592. The number of fused-ring (bicyclic) bond motifs is 1. The Morgan fingerprint density at radius 2 is 2.04 bits per heavy atom. The Morgan fingerprint density at radius 3 is 2.65 bits per heavy atom. The van der Waals surface area contributed by atoms with Gasteiger partial charge in [-0.15, -0.1) is 0 Å². The van der Waals surface area contributed by atoms with Crippen LogP contribution in [0, 0.1) is 22.7 Å². The summed E-state index contributed by atoms with van der Waals surface area (Å²) in [6, 6.07) is 0. The molecule has 0 radical (unpaired) electrons. The van der Waals surface area contributed by atoms with Crippen LogP contribution < -0.4 is 0 Å². The van der Waals surface area contributed by atoms with Crippen LogP contribution >= 0.6 is 0 Å². The van der Waals surface area contributed by atoms with Crippen molar-refractivity contribution in [2.24, 2.45) is 22.7 Å². The zero-order valence-corrected chi connectivity index (χ0v) is 16.5. The van der Waals surface area contributed by atoms with Crippen LogP contribution in [-0.4, -0.2) is 41.8 Å². The summed E-state index contributed by atoms with van der Waals surface area (Å²) in [7, 11) is 1.52. The molecule has 3 rings (SSSR count). The lowest BCUT2D eigenvalue weighted by Crippen LogP contribution is -2.63. The molecule has 2 aliphatic carbocycles. The number of esters is 1. The summed E-state index contributed by atoms with van der Waals surface area (Å²) >= 11 is 0. The van der Waals surface area contributed by atoms with Gasteiger partial charge >= 0.3 is 5.97 Å². The zero-order valence-electron chi connectivity index (χ0n) is 16.5. The SMILES string of the molecule is COC1C=C(CC[C@@]2(C)[C@H](C)[C@H](O)[C@H](O)[C@@]3(C)C(C)=CCC[C@H]23)C(=O)O1. The third-order valence-corrected chi connectivity index (χ3v) is 7.75. The first-order valence-electron chi connectivity index (χ1n) is 9.64. The van der Waals surface area contributed by atoms with Crippen molar-refractivity contribution in [3.8, 4) is 0 Å². The number of ether oxygens (including phenoxy) is 2. The number of carbonyl (C=O) groups is 1. The lowest BCUT2D eigenvalue weighted by atomic mass is 9.45. The average Bonchev–Trinajstić information content (AvgIpc) is 2.99. The Morgan fingerprint density at radius 1 is 1.35 bits per heavy atom. The third kappa shape index (κ3) is 2.76. The van der Waals surface area contributed by atoms with Crippen molar-refractivity contribution in [1.82, 2.24) is 0 Å². The Labute approximate surface area is 156 Å². The largest absolute Gasteiger partial charge is 0.429 e. The van der Waals surface area contributed by atoms with Crippen molar-refractivity contribution in [1.29, 1.82) is 0 Å². The van der Waals surface area contributed by atoms with Crippen LogP contribution in [0.5, 0.6) is 0 Å². The van der Waals surface area contributed by atoms with Gasteiger partial charge in [-0.3, -0.25) is 0 Å². The Kier molecular flexibility index (Phi) is 5.10. The van der Waals surface area contributed by atoms with Gasteiger partial charge < -0.3 is 19.7 Å². The Bertz CT molecular complexity index is 638. The summed E-state index contributed by atoms with van der Waals surface area (Å²) in [5.41, 5.74) is 1.20. The van der Waals surface area contributed by atoms with Gasteiger partial charge in [-0.05, 0) is 55.9 Å². The van der Waals surface area contributed by atoms with Gasteiger partial charge in [0.1, 0.15) is 0 Å². The molecule has 0 aromatic carbocycles. The molecule has 0 aromatic rings. The number of hydrogen-bond donors (Lipinski definition) is 2. The van der Waals surface area contributed by atoms with E-state index in [2.05, 4.69) is 26.8 Å². The maximum absolute atomic E-state index is 12.0. The number of rotatable bonds is 4. The molecule has 3 aliphatic rings. The fourth-order valence-corrected chi connectivity index (χ4v) is 5.61. The minimum Gasteiger partial charge on any atom is -0.429 e. The normalized spacial score (nSPS) is 45.7. The van der Waals surface area contributed by atoms with Crippen LogP contribution in [0.4, 0.5) is 0 Å². The molecule has 1 unspecified atom stereocenters. The number of methoxy groups -OCH3 is 1. The second-order valence-corrected chi connectivity index (χ2v) is 8.73. The molecule has 7 atom stereocenters. The van der Waals surface area contributed by atoms with Gasteiger partial charge in [0.15, 0.2) is 0 Å². The number of cyclic esters (lactones) is 1. The lowest BCUT2D eigenvalue weighted by Gasteiger charge is -2.61. The maximum atomic E-state index is 12.0. The molecule has 0 amide bonds. The number of aliphatic hydroxyl groups excluding tert-OH is 2. The first kappa shape index (κ1) is 19.6. The van der Waals surface area contributed by atoms with Crippen LogP contribution in [0.1, 0.15) is 53.4 Å². The van der Waals surface area contributed by atoms with E-state index in [9.17, 15) is 15.0 Å². The van der Waals surface area contributed by atoms with Crippen molar-refractivity contribution >= 4 is 5.97 Å². The second-order valence-electron chi connectivity index (χ2n) is 8.73. The molecule has 146 valence electrons. The van der Waals surface area contributed by atoms with E-state index in [1.807, 2.05) is 6.92 Å². The van der Waals surface area contributed by atoms with Crippen LogP contribution in [0.3, 0.4) is 0 Å². The smallest absolute Gasteiger partial charge is 0.336 e. The number of hydrogen-bond acceptors (Lipinski definition) is 5. The average molecular weight is 364 g/mol. The molecule has 1 fully saturated rings. The fourth-order valence-electron chi connectivity index (χ4n) is 5.61. The molecule has 1 heterocycles. The van der Waals surface area contributed by atoms with Crippen molar-refractivity contribution in [3.05, 3.63) is 23.3 Å². The van der Waals surface area contributed by atoms with E-state index >= 15 is 0 Å². The van der Waals surface area contributed by atoms with Crippen molar-refractivity contribution < 1.29 is 24.5 Å². The third-order valence-electron chi connectivity index (χ3n) is 7.75.